The molecule has 3 amide bonds. The number of aliphatic carboxylic acids is 1. The third kappa shape index (κ3) is 5.92. The van der Waals surface area contributed by atoms with Gasteiger partial charge < -0.3 is 10.4 Å². The van der Waals surface area contributed by atoms with Crippen molar-refractivity contribution in [1.29, 1.82) is 0 Å². The van der Waals surface area contributed by atoms with Gasteiger partial charge in [-0.3, -0.25) is 24.7 Å². The molecule has 0 aromatic carbocycles. The van der Waals surface area contributed by atoms with Gasteiger partial charge in [-0.15, -0.1) is 6.58 Å². The van der Waals surface area contributed by atoms with Crippen LogP contribution in [0.3, 0.4) is 0 Å². The van der Waals surface area contributed by atoms with E-state index in [0.29, 0.717) is 32.7 Å². The highest BCUT2D eigenvalue weighted by molar-refractivity contribution is 5.95. The standard InChI is InChI=1S/C13H22N4O4/c1-3-4-14-13(21)15-11(18)9-16-5-7-17(8-6-16)10(2)12(19)20/h3,10H,1,4-9H2,2H3,(H,19,20)(H2,14,15,18,21). The van der Waals surface area contributed by atoms with Crippen LogP contribution in [-0.4, -0.2) is 78.1 Å². The maximum absolute atomic E-state index is 11.7. The van der Waals surface area contributed by atoms with Crippen LogP contribution in [0.5, 0.6) is 0 Å². The summed E-state index contributed by atoms with van der Waals surface area (Å²) in [5.41, 5.74) is 0. The van der Waals surface area contributed by atoms with Gasteiger partial charge >= 0.3 is 12.0 Å². The smallest absolute Gasteiger partial charge is 0.321 e. The molecule has 8 heteroatoms. The van der Waals surface area contributed by atoms with Gasteiger partial charge in [-0.25, -0.2) is 4.79 Å². The van der Waals surface area contributed by atoms with Gasteiger partial charge in [0.05, 0.1) is 6.54 Å². The molecule has 0 aliphatic carbocycles. The molecule has 1 atom stereocenters. The molecule has 0 aromatic rings. The van der Waals surface area contributed by atoms with Crippen molar-refractivity contribution in [2.24, 2.45) is 0 Å². The van der Waals surface area contributed by atoms with Crippen LogP contribution in [-0.2, 0) is 9.59 Å². The van der Waals surface area contributed by atoms with Crippen LogP contribution in [0.4, 0.5) is 4.79 Å². The Morgan fingerprint density at radius 1 is 1.29 bits per heavy atom. The maximum atomic E-state index is 11.7. The number of carboxylic acid groups (broad SMARTS) is 1. The van der Waals surface area contributed by atoms with Gasteiger partial charge in [-0.2, -0.15) is 0 Å². The number of rotatable bonds is 6. The molecular formula is C13H22N4O4. The van der Waals surface area contributed by atoms with E-state index >= 15 is 0 Å². The predicted octanol–water partition coefficient (Wildman–Crippen LogP) is -0.911. The molecule has 1 aliphatic heterocycles. The third-order valence-electron chi connectivity index (χ3n) is 3.34. The minimum atomic E-state index is -0.847. The molecule has 21 heavy (non-hydrogen) atoms. The summed E-state index contributed by atoms with van der Waals surface area (Å²) in [6.07, 6.45) is 1.52. The summed E-state index contributed by atoms with van der Waals surface area (Å²) in [5, 5.41) is 13.6. The molecule has 0 bridgehead atoms. The first-order valence-corrected chi connectivity index (χ1v) is 6.81. The second-order valence-corrected chi connectivity index (χ2v) is 4.87. The van der Waals surface area contributed by atoms with E-state index in [-0.39, 0.29) is 12.5 Å². The van der Waals surface area contributed by atoms with Crippen molar-refractivity contribution < 1.29 is 19.5 Å². The summed E-state index contributed by atoms with van der Waals surface area (Å²) in [6, 6.07) is -1.07. The fourth-order valence-corrected chi connectivity index (χ4v) is 2.04. The molecule has 1 unspecified atom stereocenters. The van der Waals surface area contributed by atoms with Gasteiger partial charge in [-0.05, 0) is 6.92 Å². The van der Waals surface area contributed by atoms with E-state index in [4.69, 9.17) is 5.11 Å². The lowest BCUT2D eigenvalue weighted by atomic mass is 10.2. The van der Waals surface area contributed by atoms with Crippen LogP contribution in [0.25, 0.3) is 0 Å². The van der Waals surface area contributed by atoms with Gasteiger partial charge in [0, 0.05) is 32.7 Å². The Kier molecular flexibility index (Phi) is 6.83. The van der Waals surface area contributed by atoms with Gasteiger partial charge in [0.2, 0.25) is 5.91 Å². The average molecular weight is 298 g/mol. The lowest BCUT2D eigenvalue weighted by molar-refractivity contribution is -0.143. The summed E-state index contributed by atoms with van der Waals surface area (Å²) in [4.78, 5) is 37.6. The Balaban J connectivity index is 2.29. The Morgan fingerprint density at radius 2 is 1.90 bits per heavy atom. The van der Waals surface area contributed by atoms with E-state index in [2.05, 4.69) is 17.2 Å². The number of amides is 3. The molecule has 0 saturated carbocycles. The van der Waals surface area contributed by atoms with Crippen LogP contribution in [0, 0.1) is 0 Å². The molecule has 1 fully saturated rings. The van der Waals surface area contributed by atoms with Gasteiger partial charge in [0.1, 0.15) is 6.04 Å². The number of hydrogen-bond donors (Lipinski definition) is 3. The van der Waals surface area contributed by atoms with E-state index < -0.39 is 18.0 Å². The lowest BCUT2D eigenvalue weighted by Crippen LogP contribution is -2.54. The van der Waals surface area contributed by atoms with Gasteiger partial charge in [-0.1, -0.05) is 6.08 Å². The Hall–Kier alpha value is -1.93. The first-order chi connectivity index (χ1) is 9.93. The van der Waals surface area contributed by atoms with Crippen molar-refractivity contribution >= 4 is 17.9 Å². The second-order valence-electron chi connectivity index (χ2n) is 4.87. The highest BCUT2D eigenvalue weighted by Crippen LogP contribution is 2.06. The van der Waals surface area contributed by atoms with Gasteiger partial charge in [0.15, 0.2) is 0 Å². The third-order valence-corrected chi connectivity index (χ3v) is 3.34. The molecule has 1 heterocycles. The van der Waals surface area contributed by atoms with Crippen molar-refractivity contribution in [1.82, 2.24) is 20.4 Å². The summed E-state index contributed by atoms with van der Waals surface area (Å²) in [7, 11) is 0. The summed E-state index contributed by atoms with van der Waals surface area (Å²) < 4.78 is 0. The van der Waals surface area contributed by atoms with Crippen LogP contribution >= 0.6 is 0 Å². The SMILES string of the molecule is C=CCNC(=O)NC(=O)CN1CCN(C(C)C(=O)O)CC1. The number of nitrogens with one attached hydrogen (secondary N) is 2. The fraction of sp³-hybridized carbons (Fsp3) is 0.615. The minimum absolute atomic E-state index is 0.122. The zero-order valence-corrected chi connectivity index (χ0v) is 12.2. The van der Waals surface area contributed by atoms with E-state index in [0.717, 1.165) is 0 Å². The number of piperazine rings is 1. The number of nitrogens with zero attached hydrogens (tertiary/aromatic N) is 2. The van der Waals surface area contributed by atoms with Gasteiger partial charge in [0.25, 0.3) is 0 Å². The zero-order valence-electron chi connectivity index (χ0n) is 12.2. The van der Waals surface area contributed by atoms with Crippen molar-refractivity contribution in [2.75, 3.05) is 39.3 Å². The number of urea groups is 1. The topological polar surface area (TPSA) is 102 Å². The van der Waals surface area contributed by atoms with Crippen molar-refractivity contribution in [3.8, 4) is 0 Å². The number of carbonyl (C=O) groups is 3. The van der Waals surface area contributed by atoms with Crippen LogP contribution in [0.15, 0.2) is 12.7 Å². The predicted molar refractivity (Wildman–Crippen MR) is 76.8 cm³/mol. The number of hydrogen-bond acceptors (Lipinski definition) is 5. The summed E-state index contributed by atoms with van der Waals surface area (Å²) in [6.45, 7) is 7.89. The quantitative estimate of drug-likeness (QED) is 0.549. The molecule has 1 aliphatic rings. The van der Waals surface area contributed by atoms with E-state index in [9.17, 15) is 14.4 Å². The maximum Gasteiger partial charge on any atom is 0.321 e. The van der Waals surface area contributed by atoms with E-state index in [1.54, 1.807) is 6.92 Å². The largest absolute Gasteiger partial charge is 0.480 e. The second kappa shape index (κ2) is 8.38. The van der Waals surface area contributed by atoms with Crippen LogP contribution in [0.1, 0.15) is 6.92 Å². The van der Waals surface area contributed by atoms with Crippen LogP contribution < -0.4 is 10.6 Å². The first-order valence-electron chi connectivity index (χ1n) is 6.81. The Morgan fingerprint density at radius 3 is 2.43 bits per heavy atom. The molecule has 1 saturated heterocycles. The summed E-state index contributed by atoms with van der Waals surface area (Å²) >= 11 is 0. The molecule has 3 N–H and O–H groups in total. The molecule has 0 radical (unpaired) electrons. The van der Waals surface area contributed by atoms with E-state index in [1.807, 2.05) is 9.80 Å². The average Bonchev–Trinajstić information content (AvgIpc) is 2.44. The van der Waals surface area contributed by atoms with Crippen molar-refractivity contribution in [2.45, 2.75) is 13.0 Å². The van der Waals surface area contributed by atoms with Crippen LogP contribution in [0.2, 0.25) is 0 Å². The normalized spacial score (nSPS) is 17.8. The molecule has 118 valence electrons. The number of carbonyl (C=O) groups excluding carboxylic acids is 2. The summed E-state index contributed by atoms with van der Waals surface area (Å²) in [5.74, 6) is -1.23. The molecule has 1 rings (SSSR count). The highest BCUT2D eigenvalue weighted by atomic mass is 16.4. The Bertz CT molecular complexity index is 405. The van der Waals surface area contributed by atoms with Crippen molar-refractivity contribution in [3.05, 3.63) is 12.7 Å². The lowest BCUT2D eigenvalue weighted by Gasteiger charge is -2.36. The molecular weight excluding hydrogens is 276 g/mol. The minimum Gasteiger partial charge on any atom is -0.480 e. The number of carboxylic acids is 1. The van der Waals surface area contributed by atoms with Crippen molar-refractivity contribution in [3.63, 3.8) is 0 Å². The Labute approximate surface area is 123 Å². The molecule has 0 aromatic heterocycles. The molecule has 8 nitrogen and oxygen atoms in total. The van der Waals surface area contributed by atoms with E-state index in [1.165, 1.54) is 6.08 Å². The number of imide groups is 1. The molecule has 0 spiro atoms. The monoisotopic (exact) mass is 298 g/mol. The highest BCUT2D eigenvalue weighted by Gasteiger charge is 2.26. The zero-order chi connectivity index (χ0) is 15.8. The first kappa shape index (κ1) is 17.1. The fourth-order valence-electron chi connectivity index (χ4n) is 2.04.